The van der Waals surface area contributed by atoms with Crippen LogP contribution in [0.2, 0.25) is 0 Å². The van der Waals surface area contributed by atoms with E-state index in [4.69, 9.17) is 10.5 Å². The first kappa shape index (κ1) is 25.4. The molecule has 1 saturated carbocycles. The van der Waals surface area contributed by atoms with E-state index in [0.29, 0.717) is 51.7 Å². The van der Waals surface area contributed by atoms with Gasteiger partial charge >= 0.3 is 0 Å². The quantitative estimate of drug-likeness (QED) is 0.714. The fraction of sp³-hybridized carbons (Fsp3) is 0.895. The molecule has 2 N–H and O–H groups in total. The molecule has 1 aliphatic carbocycles. The summed E-state index contributed by atoms with van der Waals surface area (Å²) in [7, 11) is 1.95. The molecular weight excluding hydrogens is 403 g/mol. The van der Waals surface area contributed by atoms with E-state index in [2.05, 4.69) is 4.90 Å². The maximum Gasteiger partial charge on any atom is 0.242 e. The molecule has 3 rings (SSSR count). The highest BCUT2D eigenvalue weighted by molar-refractivity contribution is 5.86. The number of hydrogen-bond donors (Lipinski definition) is 1. The van der Waals surface area contributed by atoms with E-state index in [9.17, 15) is 9.59 Å². The normalized spacial score (nSPS) is 23.3. The molecule has 3 fully saturated rings. The Bertz CT molecular complexity index is 503. The van der Waals surface area contributed by atoms with Crippen LogP contribution < -0.4 is 5.73 Å². The molecule has 0 aromatic rings. The first-order valence-electron chi connectivity index (χ1n) is 10.1. The molecule has 0 spiro atoms. The maximum atomic E-state index is 12.8. The summed E-state index contributed by atoms with van der Waals surface area (Å²) in [6.07, 6.45) is 7.21. The van der Waals surface area contributed by atoms with Crippen LogP contribution in [0.25, 0.3) is 0 Å². The molecule has 2 heterocycles. The lowest BCUT2D eigenvalue weighted by Gasteiger charge is -2.41. The Balaban J connectivity index is 0.00000196. The molecule has 2 saturated heterocycles. The third kappa shape index (κ3) is 6.20. The van der Waals surface area contributed by atoms with E-state index in [1.165, 1.54) is 19.3 Å². The van der Waals surface area contributed by atoms with Gasteiger partial charge in [-0.25, -0.2) is 0 Å². The van der Waals surface area contributed by atoms with Gasteiger partial charge in [0.25, 0.3) is 0 Å². The lowest BCUT2D eigenvalue weighted by Crippen LogP contribution is -2.61. The van der Waals surface area contributed by atoms with Crippen molar-refractivity contribution >= 4 is 36.6 Å². The topological polar surface area (TPSA) is 79.1 Å². The highest BCUT2D eigenvalue weighted by Gasteiger charge is 2.39. The predicted molar refractivity (Wildman–Crippen MR) is 114 cm³/mol. The van der Waals surface area contributed by atoms with Gasteiger partial charge in [0, 0.05) is 52.5 Å². The lowest BCUT2D eigenvalue weighted by molar-refractivity contribution is -0.143. The Morgan fingerprint density at radius 2 is 1.61 bits per heavy atom. The van der Waals surface area contributed by atoms with Crippen LogP contribution in [0.1, 0.15) is 44.9 Å². The van der Waals surface area contributed by atoms with Crippen LogP contribution in [-0.4, -0.2) is 91.1 Å². The van der Waals surface area contributed by atoms with E-state index in [1.807, 2.05) is 16.8 Å². The van der Waals surface area contributed by atoms with Crippen LogP contribution in [-0.2, 0) is 14.3 Å². The number of rotatable bonds is 4. The molecule has 2 amide bonds. The summed E-state index contributed by atoms with van der Waals surface area (Å²) in [6.45, 7) is 4.36. The van der Waals surface area contributed by atoms with Gasteiger partial charge in [-0.2, -0.15) is 0 Å². The van der Waals surface area contributed by atoms with Gasteiger partial charge in [0.15, 0.2) is 0 Å². The molecule has 7 nitrogen and oxygen atoms in total. The van der Waals surface area contributed by atoms with Gasteiger partial charge < -0.3 is 20.3 Å². The van der Waals surface area contributed by atoms with Crippen molar-refractivity contribution in [2.24, 2.45) is 5.73 Å². The number of amides is 2. The minimum absolute atomic E-state index is 0. The molecule has 0 bridgehead atoms. The highest BCUT2D eigenvalue weighted by Crippen LogP contribution is 2.23. The van der Waals surface area contributed by atoms with E-state index in [-0.39, 0.29) is 36.6 Å². The number of carbonyl (C=O) groups is 2. The Morgan fingerprint density at radius 1 is 1.04 bits per heavy atom. The zero-order valence-corrected chi connectivity index (χ0v) is 18.6. The first-order valence-corrected chi connectivity index (χ1v) is 10.1. The number of nitrogens with zero attached hydrogens (tertiary/aromatic N) is 3. The largest absolute Gasteiger partial charge is 0.381 e. The van der Waals surface area contributed by atoms with Crippen molar-refractivity contribution < 1.29 is 14.3 Å². The van der Waals surface area contributed by atoms with Gasteiger partial charge in [-0.3, -0.25) is 14.5 Å². The highest BCUT2D eigenvalue weighted by atomic mass is 35.5. The van der Waals surface area contributed by atoms with Crippen molar-refractivity contribution in [3.05, 3.63) is 0 Å². The summed E-state index contributed by atoms with van der Waals surface area (Å²) in [5, 5.41) is 0. The second kappa shape index (κ2) is 11.6. The second-order valence-corrected chi connectivity index (χ2v) is 8.13. The fourth-order valence-corrected chi connectivity index (χ4v) is 4.35. The van der Waals surface area contributed by atoms with Crippen LogP contribution in [0.4, 0.5) is 0 Å². The third-order valence-electron chi connectivity index (χ3n) is 6.35. The minimum atomic E-state index is -0.766. The van der Waals surface area contributed by atoms with Gasteiger partial charge in [0.05, 0.1) is 12.1 Å². The fourth-order valence-electron chi connectivity index (χ4n) is 4.35. The molecule has 9 heteroatoms. The average molecular weight is 439 g/mol. The van der Waals surface area contributed by atoms with Crippen molar-refractivity contribution in [2.75, 3.05) is 53.0 Å². The number of nitrogens with two attached hydrogens (primary N) is 1. The molecular formula is C19H36Cl2N4O3. The van der Waals surface area contributed by atoms with Crippen molar-refractivity contribution in [3.63, 3.8) is 0 Å². The summed E-state index contributed by atoms with van der Waals surface area (Å²) < 4.78 is 5.33. The molecule has 28 heavy (non-hydrogen) atoms. The summed E-state index contributed by atoms with van der Waals surface area (Å²) >= 11 is 0. The number of carbonyl (C=O) groups excluding carboxylic acids is 2. The van der Waals surface area contributed by atoms with Crippen LogP contribution in [0, 0.1) is 0 Å². The average Bonchev–Trinajstić information content (AvgIpc) is 2.68. The van der Waals surface area contributed by atoms with Gasteiger partial charge in [0.2, 0.25) is 11.8 Å². The van der Waals surface area contributed by atoms with Crippen LogP contribution >= 0.6 is 24.8 Å². The smallest absolute Gasteiger partial charge is 0.242 e. The molecule has 0 aromatic heterocycles. The molecule has 0 unspecified atom stereocenters. The third-order valence-corrected chi connectivity index (χ3v) is 6.35. The Hall–Kier alpha value is -0.600. The summed E-state index contributed by atoms with van der Waals surface area (Å²) in [6, 6.07) is 0.407. The number of piperazine rings is 1. The summed E-state index contributed by atoms with van der Waals surface area (Å²) in [5.41, 5.74) is 5.56. The molecule has 164 valence electrons. The maximum absolute atomic E-state index is 12.8. The van der Waals surface area contributed by atoms with Crippen molar-refractivity contribution in [2.45, 2.75) is 56.5 Å². The monoisotopic (exact) mass is 438 g/mol. The first-order chi connectivity index (χ1) is 12.5. The van der Waals surface area contributed by atoms with Gasteiger partial charge in [-0.05, 0) is 25.7 Å². The van der Waals surface area contributed by atoms with E-state index in [1.54, 1.807) is 0 Å². The zero-order valence-electron chi connectivity index (χ0n) is 16.9. The van der Waals surface area contributed by atoms with Crippen molar-refractivity contribution in [3.8, 4) is 0 Å². The van der Waals surface area contributed by atoms with Gasteiger partial charge in [-0.15, -0.1) is 24.8 Å². The molecule has 2 aliphatic heterocycles. The number of hydrogen-bond acceptors (Lipinski definition) is 5. The van der Waals surface area contributed by atoms with Crippen LogP contribution in [0.5, 0.6) is 0 Å². The minimum Gasteiger partial charge on any atom is -0.381 e. The van der Waals surface area contributed by atoms with E-state index < -0.39 is 5.54 Å². The molecule has 3 aliphatic rings. The standard InChI is InChI=1S/C19H34N4O3.2ClH/c1-21(16-5-3-2-4-6-16)17(24)15-22-9-11-23(12-10-22)18(25)19(20)7-13-26-14-8-19;;/h16H,2-15,20H2,1H3;2*1H. The molecule has 0 aromatic carbocycles. The number of halogens is 2. The number of likely N-dealkylation sites (N-methyl/N-ethyl adjacent to an activating group) is 1. The Morgan fingerprint density at radius 3 is 2.18 bits per heavy atom. The van der Waals surface area contributed by atoms with Crippen LogP contribution in [0.15, 0.2) is 0 Å². The van der Waals surface area contributed by atoms with Crippen molar-refractivity contribution in [1.82, 2.24) is 14.7 Å². The Labute approximate surface area is 181 Å². The van der Waals surface area contributed by atoms with E-state index >= 15 is 0 Å². The summed E-state index contributed by atoms with van der Waals surface area (Å²) in [4.78, 5) is 31.4. The molecule has 0 atom stereocenters. The SMILES string of the molecule is CN(C(=O)CN1CCN(C(=O)C2(N)CCOCC2)CC1)C1CCCCC1.Cl.Cl. The lowest BCUT2D eigenvalue weighted by atomic mass is 9.89. The summed E-state index contributed by atoms with van der Waals surface area (Å²) in [5.74, 6) is 0.252. The van der Waals surface area contributed by atoms with Crippen LogP contribution in [0.3, 0.4) is 0 Å². The predicted octanol–water partition coefficient (Wildman–Crippen LogP) is 1.27. The second-order valence-electron chi connectivity index (χ2n) is 8.13. The van der Waals surface area contributed by atoms with Gasteiger partial charge in [-0.1, -0.05) is 19.3 Å². The van der Waals surface area contributed by atoms with Gasteiger partial charge in [0.1, 0.15) is 0 Å². The Kier molecular flexibility index (Phi) is 10.5. The zero-order chi connectivity index (χ0) is 18.6. The van der Waals surface area contributed by atoms with Crippen molar-refractivity contribution in [1.29, 1.82) is 0 Å². The molecule has 0 radical (unpaired) electrons. The number of ether oxygens (including phenoxy) is 1. The van der Waals surface area contributed by atoms with E-state index in [0.717, 1.165) is 25.9 Å².